The average molecular weight is 250 g/mol. The van der Waals surface area contributed by atoms with Crippen molar-refractivity contribution in [3.63, 3.8) is 0 Å². The van der Waals surface area contributed by atoms with Crippen molar-refractivity contribution in [1.82, 2.24) is 5.32 Å². The van der Waals surface area contributed by atoms with Crippen molar-refractivity contribution >= 4 is 23.4 Å². The fourth-order valence-corrected chi connectivity index (χ4v) is 3.12. The number of fused-ring (bicyclic) bond motifs is 1. The van der Waals surface area contributed by atoms with Crippen LogP contribution in [0.15, 0.2) is 23.1 Å². The van der Waals surface area contributed by atoms with E-state index in [0.29, 0.717) is 11.8 Å². The number of carbonyl (C=O) groups is 1. The molecule has 1 unspecified atom stereocenters. The van der Waals surface area contributed by atoms with Gasteiger partial charge in [-0.2, -0.15) is 0 Å². The topological polar surface area (TPSA) is 32.3 Å². The summed E-state index contributed by atoms with van der Waals surface area (Å²) in [5, 5.41) is 3.38. The Morgan fingerprint density at radius 2 is 2.35 bits per heavy atom. The summed E-state index contributed by atoms with van der Waals surface area (Å²) < 4.78 is 0. The van der Waals surface area contributed by atoms with Crippen LogP contribution in [-0.2, 0) is 4.79 Å². The lowest BCUT2D eigenvalue weighted by Crippen LogP contribution is -2.42. The fourth-order valence-electron chi connectivity index (χ4n) is 2.03. The minimum atomic E-state index is 0.145. The Balaban J connectivity index is 2.35. The predicted molar refractivity (Wildman–Crippen MR) is 72.8 cm³/mol. The van der Waals surface area contributed by atoms with Gasteiger partial charge >= 0.3 is 0 Å². The summed E-state index contributed by atoms with van der Waals surface area (Å²) in [5.74, 6) is 0.145. The highest BCUT2D eigenvalue weighted by Gasteiger charge is 2.26. The molecule has 2 rings (SSSR count). The van der Waals surface area contributed by atoms with Crippen molar-refractivity contribution in [2.45, 2.75) is 24.0 Å². The van der Waals surface area contributed by atoms with E-state index in [1.165, 1.54) is 10.5 Å². The lowest BCUT2D eigenvalue weighted by molar-refractivity contribution is -0.117. The Kier molecular flexibility index (Phi) is 3.74. The zero-order chi connectivity index (χ0) is 12.4. The number of aryl methyl sites for hydroxylation is 1. The fraction of sp³-hybridized carbons (Fsp3) is 0.462. The number of nitrogens with one attached hydrogen (secondary N) is 1. The average Bonchev–Trinajstić information content (AvgIpc) is 2.29. The molecule has 92 valence electrons. The van der Waals surface area contributed by atoms with Crippen LogP contribution in [0.2, 0.25) is 0 Å². The number of nitrogens with zero attached hydrogens (tertiary/aromatic N) is 1. The molecule has 1 aliphatic heterocycles. The zero-order valence-corrected chi connectivity index (χ0v) is 11.3. The normalized spacial score (nSPS) is 19.0. The number of thioether (sulfide) groups is 1. The van der Waals surface area contributed by atoms with Crippen molar-refractivity contribution in [2.75, 3.05) is 25.0 Å². The Labute approximate surface area is 107 Å². The van der Waals surface area contributed by atoms with Gasteiger partial charge < -0.3 is 10.2 Å². The largest absolute Gasteiger partial charge is 0.311 e. The van der Waals surface area contributed by atoms with Gasteiger partial charge in [0.05, 0.1) is 12.2 Å². The van der Waals surface area contributed by atoms with E-state index in [2.05, 4.69) is 37.4 Å². The SMILES string of the molecule is CNCC(=O)N1CC(C)Sc2ccc(C)cc21. The maximum Gasteiger partial charge on any atom is 0.240 e. The van der Waals surface area contributed by atoms with Crippen molar-refractivity contribution in [3.05, 3.63) is 23.8 Å². The molecule has 0 aromatic heterocycles. The van der Waals surface area contributed by atoms with Gasteiger partial charge in [-0.3, -0.25) is 4.79 Å². The quantitative estimate of drug-likeness (QED) is 0.872. The molecule has 1 aromatic carbocycles. The summed E-state index contributed by atoms with van der Waals surface area (Å²) in [6, 6.07) is 6.32. The first-order valence-corrected chi connectivity index (χ1v) is 6.72. The van der Waals surface area contributed by atoms with E-state index >= 15 is 0 Å². The Hall–Kier alpha value is -1.00. The third-order valence-corrected chi connectivity index (χ3v) is 3.95. The van der Waals surface area contributed by atoms with Crippen molar-refractivity contribution in [3.8, 4) is 0 Å². The van der Waals surface area contributed by atoms with Crippen LogP contribution in [0.5, 0.6) is 0 Å². The maximum atomic E-state index is 12.1. The molecule has 0 bridgehead atoms. The number of carbonyl (C=O) groups excluding carboxylic acids is 1. The standard InChI is InChI=1S/C13H18N2OS/c1-9-4-5-12-11(6-9)15(8-10(2)17-12)13(16)7-14-3/h4-6,10,14H,7-8H2,1-3H3. The van der Waals surface area contributed by atoms with Gasteiger partial charge in [0.15, 0.2) is 0 Å². The highest BCUT2D eigenvalue weighted by Crippen LogP contribution is 2.38. The molecular weight excluding hydrogens is 232 g/mol. The van der Waals surface area contributed by atoms with Crippen LogP contribution < -0.4 is 10.2 Å². The first kappa shape index (κ1) is 12.5. The zero-order valence-electron chi connectivity index (χ0n) is 10.5. The predicted octanol–water partition coefficient (Wildman–Crippen LogP) is 2.04. The van der Waals surface area contributed by atoms with Crippen LogP contribution in [0.3, 0.4) is 0 Å². The molecular formula is C13H18N2OS. The second-order valence-corrected chi connectivity index (χ2v) is 5.91. The molecule has 0 saturated heterocycles. The second-order valence-electron chi connectivity index (χ2n) is 4.43. The van der Waals surface area contributed by atoms with Crippen molar-refractivity contribution < 1.29 is 4.79 Å². The smallest absolute Gasteiger partial charge is 0.240 e. The molecule has 1 aromatic rings. The molecule has 1 amide bonds. The number of likely N-dealkylation sites (N-methyl/N-ethyl adjacent to an activating group) is 1. The van der Waals surface area contributed by atoms with Gasteiger partial charge in [0.1, 0.15) is 0 Å². The van der Waals surface area contributed by atoms with E-state index in [-0.39, 0.29) is 5.91 Å². The van der Waals surface area contributed by atoms with Crippen LogP contribution in [0, 0.1) is 6.92 Å². The van der Waals surface area contributed by atoms with Crippen LogP contribution >= 0.6 is 11.8 Å². The number of amides is 1. The summed E-state index contributed by atoms with van der Waals surface area (Å²) in [5.41, 5.74) is 2.26. The van der Waals surface area contributed by atoms with E-state index in [1.54, 1.807) is 7.05 Å². The third-order valence-electron chi connectivity index (χ3n) is 2.80. The van der Waals surface area contributed by atoms with E-state index in [4.69, 9.17) is 0 Å². The van der Waals surface area contributed by atoms with Crippen LogP contribution in [0.25, 0.3) is 0 Å². The van der Waals surface area contributed by atoms with Gasteiger partial charge in [-0.15, -0.1) is 11.8 Å². The Morgan fingerprint density at radius 3 is 3.06 bits per heavy atom. The van der Waals surface area contributed by atoms with Gasteiger partial charge in [-0.05, 0) is 31.7 Å². The number of hydrogen-bond donors (Lipinski definition) is 1. The van der Waals surface area contributed by atoms with E-state index < -0.39 is 0 Å². The number of anilines is 1. The molecule has 1 heterocycles. The number of rotatable bonds is 2. The molecule has 0 radical (unpaired) electrons. The van der Waals surface area contributed by atoms with E-state index in [0.717, 1.165) is 12.2 Å². The minimum absolute atomic E-state index is 0.145. The van der Waals surface area contributed by atoms with Gasteiger partial charge in [0, 0.05) is 16.7 Å². The number of hydrogen-bond acceptors (Lipinski definition) is 3. The molecule has 0 saturated carbocycles. The molecule has 0 aliphatic carbocycles. The van der Waals surface area contributed by atoms with Crippen LogP contribution in [-0.4, -0.2) is 31.3 Å². The van der Waals surface area contributed by atoms with Gasteiger partial charge in [-0.1, -0.05) is 13.0 Å². The lowest BCUT2D eigenvalue weighted by atomic mass is 10.2. The summed E-state index contributed by atoms with van der Waals surface area (Å²) in [6.45, 7) is 5.41. The Bertz CT molecular complexity index is 433. The maximum absolute atomic E-state index is 12.1. The van der Waals surface area contributed by atoms with Crippen LogP contribution in [0.4, 0.5) is 5.69 Å². The summed E-state index contributed by atoms with van der Waals surface area (Å²) >= 11 is 1.85. The van der Waals surface area contributed by atoms with E-state index in [9.17, 15) is 4.79 Å². The number of benzene rings is 1. The van der Waals surface area contributed by atoms with Crippen LogP contribution in [0.1, 0.15) is 12.5 Å². The molecule has 0 spiro atoms. The molecule has 17 heavy (non-hydrogen) atoms. The monoisotopic (exact) mass is 250 g/mol. The third kappa shape index (κ3) is 2.64. The highest BCUT2D eigenvalue weighted by atomic mass is 32.2. The minimum Gasteiger partial charge on any atom is -0.311 e. The van der Waals surface area contributed by atoms with Crippen molar-refractivity contribution in [2.24, 2.45) is 0 Å². The molecule has 0 fully saturated rings. The molecule has 1 atom stereocenters. The first-order chi connectivity index (χ1) is 8.11. The van der Waals surface area contributed by atoms with Gasteiger partial charge in [0.25, 0.3) is 0 Å². The molecule has 4 heteroatoms. The van der Waals surface area contributed by atoms with E-state index in [1.807, 2.05) is 16.7 Å². The second kappa shape index (κ2) is 5.10. The molecule has 1 aliphatic rings. The lowest BCUT2D eigenvalue weighted by Gasteiger charge is -2.33. The highest BCUT2D eigenvalue weighted by molar-refractivity contribution is 8.00. The Morgan fingerprint density at radius 1 is 1.59 bits per heavy atom. The molecule has 3 nitrogen and oxygen atoms in total. The first-order valence-electron chi connectivity index (χ1n) is 5.84. The summed E-state index contributed by atoms with van der Waals surface area (Å²) in [4.78, 5) is 15.2. The summed E-state index contributed by atoms with van der Waals surface area (Å²) in [7, 11) is 1.80. The van der Waals surface area contributed by atoms with Gasteiger partial charge in [-0.25, -0.2) is 0 Å². The van der Waals surface area contributed by atoms with Gasteiger partial charge in [0.2, 0.25) is 5.91 Å². The summed E-state index contributed by atoms with van der Waals surface area (Å²) in [6.07, 6.45) is 0. The molecule has 1 N–H and O–H groups in total. The van der Waals surface area contributed by atoms with Crippen molar-refractivity contribution in [1.29, 1.82) is 0 Å².